The third-order valence-electron chi connectivity index (χ3n) is 6.05. The molecule has 3 rings (SSSR count). The summed E-state index contributed by atoms with van der Waals surface area (Å²) >= 11 is 0. The molecule has 3 unspecified atom stereocenters. The molecule has 1 aliphatic heterocycles. The summed E-state index contributed by atoms with van der Waals surface area (Å²) in [5.41, 5.74) is 5.01. The van der Waals surface area contributed by atoms with E-state index >= 15 is 0 Å². The van der Waals surface area contributed by atoms with Gasteiger partial charge in [-0.1, -0.05) is 26.7 Å². The summed E-state index contributed by atoms with van der Waals surface area (Å²) < 4.78 is 5.19. The van der Waals surface area contributed by atoms with Crippen molar-refractivity contribution in [2.75, 3.05) is 13.7 Å². The number of rotatable bonds is 6. The average molecular weight is 386 g/mol. The highest BCUT2D eigenvalue weighted by molar-refractivity contribution is 5.84. The summed E-state index contributed by atoms with van der Waals surface area (Å²) in [6.07, 6.45) is 5.95. The minimum atomic E-state index is -0.0234. The molecule has 1 fully saturated rings. The van der Waals surface area contributed by atoms with Crippen LogP contribution in [0.2, 0.25) is 0 Å². The summed E-state index contributed by atoms with van der Waals surface area (Å²) in [4.78, 5) is 24.7. The van der Waals surface area contributed by atoms with Gasteiger partial charge in [-0.2, -0.15) is 0 Å². The highest BCUT2D eigenvalue weighted by Gasteiger charge is 2.28. The summed E-state index contributed by atoms with van der Waals surface area (Å²) in [6.45, 7) is 4.83. The van der Waals surface area contributed by atoms with Gasteiger partial charge in [-0.25, -0.2) is 0 Å². The van der Waals surface area contributed by atoms with Crippen LogP contribution in [0, 0.1) is 11.8 Å². The number of benzene rings is 1. The molecule has 0 spiro atoms. The van der Waals surface area contributed by atoms with Crippen molar-refractivity contribution < 1.29 is 14.3 Å². The molecule has 1 aromatic rings. The minimum absolute atomic E-state index is 0.0149. The fraction of sp³-hybridized carbons (Fsp3) is 0.545. The van der Waals surface area contributed by atoms with Crippen LogP contribution in [0.4, 0.5) is 0 Å². The number of hydrogen-bond donors (Lipinski definition) is 2. The van der Waals surface area contributed by atoms with Gasteiger partial charge in [0, 0.05) is 18.9 Å². The Hall–Kier alpha value is -2.50. The number of nitrogens with zero attached hydrogens (tertiary/aromatic N) is 1. The van der Waals surface area contributed by atoms with Crippen LogP contribution in [-0.4, -0.2) is 36.5 Å². The van der Waals surface area contributed by atoms with Crippen molar-refractivity contribution >= 4 is 17.5 Å². The predicted octanol–water partition coefficient (Wildman–Crippen LogP) is 3.10. The van der Waals surface area contributed by atoms with Crippen LogP contribution in [0.25, 0.3) is 5.70 Å². The molecular formula is C22H31N3O3. The summed E-state index contributed by atoms with van der Waals surface area (Å²) in [5, 5.41) is 4.72. The lowest BCUT2D eigenvalue weighted by atomic mass is 9.78. The average Bonchev–Trinajstić information content (AvgIpc) is 2.71. The molecule has 6 heteroatoms. The first kappa shape index (κ1) is 20.2. The normalized spacial score (nSPS) is 25.0. The molecule has 152 valence electrons. The zero-order valence-corrected chi connectivity index (χ0v) is 17.0. The van der Waals surface area contributed by atoms with Gasteiger partial charge < -0.3 is 10.1 Å². The Morgan fingerprint density at radius 1 is 1.25 bits per heavy atom. The van der Waals surface area contributed by atoms with Gasteiger partial charge in [-0.05, 0) is 54.2 Å². The molecule has 2 N–H and O–H groups in total. The standard InChI is InChI=1S/C22H31N3O3/c1-15-5-4-6-19(16(15)2)23-21(26)13-14-25-22(27)12-11-20(24-25)17-7-9-18(28-3)10-8-17/h7-11,15-16,19,24H,4-6,12-14H2,1-3H3,(H,23,26). The maximum Gasteiger partial charge on any atom is 0.244 e. The van der Waals surface area contributed by atoms with E-state index < -0.39 is 0 Å². The zero-order valence-electron chi connectivity index (χ0n) is 17.0. The maximum atomic E-state index is 12.4. The van der Waals surface area contributed by atoms with E-state index in [1.807, 2.05) is 30.3 Å². The number of carbonyl (C=O) groups excluding carboxylic acids is 2. The van der Waals surface area contributed by atoms with Gasteiger partial charge in [0.15, 0.2) is 0 Å². The molecule has 0 saturated heterocycles. The zero-order chi connectivity index (χ0) is 20.1. The van der Waals surface area contributed by atoms with E-state index in [-0.39, 0.29) is 17.9 Å². The molecule has 3 atom stereocenters. The number of hydrazine groups is 1. The van der Waals surface area contributed by atoms with Crippen LogP contribution in [0.1, 0.15) is 51.5 Å². The van der Waals surface area contributed by atoms with Crippen molar-refractivity contribution in [2.45, 2.75) is 52.0 Å². The van der Waals surface area contributed by atoms with E-state index in [4.69, 9.17) is 4.74 Å². The van der Waals surface area contributed by atoms with Crippen molar-refractivity contribution in [1.82, 2.24) is 15.8 Å². The first-order valence-corrected chi connectivity index (χ1v) is 10.2. The molecule has 1 aliphatic carbocycles. The predicted molar refractivity (Wildman–Crippen MR) is 109 cm³/mol. The minimum Gasteiger partial charge on any atom is -0.497 e. The molecule has 0 aromatic heterocycles. The second-order valence-electron chi connectivity index (χ2n) is 7.90. The largest absolute Gasteiger partial charge is 0.497 e. The maximum absolute atomic E-state index is 12.4. The van der Waals surface area contributed by atoms with Gasteiger partial charge in [-0.3, -0.25) is 20.0 Å². The number of hydrogen-bond acceptors (Lipinski definition) is 4. The molecule has 28 heavy (non-hydrogen) atoms. The number of nitrogens with one attached hydrogen (secondary N) is 2. The Labute approximate surface area is 167 Å². The Balaban J connectivity index is 1.53. The van der Waals surface area contributed by atoms with Gasteiger partial charge in [0.1, 0.15) is 5.75 Å². The van der Waals surface area contributed by atoms with Crippen LogP contribution in [0.3, 0.4) is 0 Å². The molecule has 2 amide bonds. The van der Waals surface area contributed by atoms with Crippen molar-refractivity contribution in [2.24, 2.45) is 11.8 Å². The van der Waals surface area contributed by atoms with Crippen LogP contribution in [0.15, 0.2) is 30.3 Å². The van der Waals surface area contributed by atoms with Crippen molar-refractivity contribution in [3.8, 4) is 5.75 Å². The van der Waals surface area contributed by atoms with Gasteiger partial charge >= 0.3 is 0 Å². The van der Waals surface area contributed by atoms with E-state index in [0.29, 0.717) is 31.2 Å². The third-order valence-corrected chi connectivity index (χ3v) is 6.05. The molecule has 0 bridgehead atoms. The number of amides is 2. The molecule has 2 aliphatic rings. The Bertz CT molecular complexity index is 729. The van der Waals surface area contributed by atoms with E-state index in [1.54, 1.807) is 12.1 Å². The lowest BCUT2D eigenvalue weighted by Crippen LogP contribution is -2.48. The Morgan fingerprint density at radius 2 is 2.00 bits per heavy atom. The van der Waals surface area contributed by atoms with Crippen LogP contribution < -0.4 is 15.5 Å². The van der Waals surface area contributed by atoms with Crippen LogP contribution in [-0.2, 0) is 9.59 Å². The van der Waals surface area contributed by atoms with Crippen molar-refractivity contribution in [1.29, 1.82) is 0 Å². The molecule has 1 saturated carbocycles. The smallest absolute Gasteiger partial charge is 0.244 e. The highest BCUT2D eigenvalue weighted by atomic mass is 16.5. The quantitative estimate of drug-likeness (QED) is 0.789. The second-order valence-corrected chi connectivity index (χ2v) is 7.90. The molecular weight excluding hydrogens is 354 g/mol. The second kappa shape index (κ2) is 9.13. The van der Waals surface area contributed by atoms with Gasteiger partial charge in [0.2, 0.25) is 11.8 Å². The first-order chi connectivity index (χ1) is 13.5. The van der Waals surface area contributed by atoms with E-state index in [1.165, 1.54) is 12.8 Å². The molecule has 6 nitrogen and oxygen atoms in total. The summed E-state index contributed by atoms with van der Waals surface area (Å²) in [7, 11) is 1.63. The monoisotopic (exact) mass is 385 g/mol. The van der Waals surface area contributed by atoms with Crippen molar-refractivity contribution in [3.63, 3.8) is 0 Å². The molecule has 0 radical (unpaired) electrons. The number of ether oxygens (including phenoxy) is 1. The fourth-order valence-electron chi connectivity index (χ4n) is 3.96. The highest BCUT2D eigenvalue weighted by Crippen LogP contribution is 2.29. The van der Waals surface area contributed by atoms with E-state index in [0.717, 1.165) is 23.4 Å². The van der Waals surface area contributed by atoms with E-state index in [9.17, 15) is 9.59 Å². The van der Waals surface area contributed by atoms with Gasteiger partial charge in [0.25, 0.3) is 0 Å². The lowest BCUT2D eigenvalue weighted by molar-refractivity contribution is -0.133. The Morgan fingerprint density at radius 3 is 2.71 bits per heavy atom. The SMILES string of the molecule is COc1ccc(C2=CCC(=O)N(CCC(=O)NC3CCCC(C)C3C)N2)cc1. The Kier molecular flexibility index (Phi) is 6.60. The van der Waals surface area contributed by atoms with Crippen molar-refractivity contribution in [3.05, 3.63) is 35.9 Å². The summed E-state index contributed by atoms with van der Waals surface area (Å²) in [5.74, 6) is 1.92. The molecule has 1 aromatic carbocycles. The number of carbonyl (C=O) groups is 2. The molecule has 1 heterocycles. The first-order valence-electron chi connectivity index (χ1n) is 10.2. The third kappa shape index (κ3) is 4.86. The number of methoxy groups -OCH3 is 1. The fourth-order valence-corrected chi connectivity index (χ4v) is 3.96. The topological polar surface area (TPSA) is 70.7 Å². The van der Waals surface area contributed by atoms with E-state index in [2.05, 4.69) is 24.6 Å². The lowest BCUT2D eigenvalue weighted by Gasteiger charge is -2.35. The van der Waals surface area contributed by atoms with Crippen LogP contribution >= 0.6 is 0 Å². The van der Waals surface area contributed by atoms with Gasteiger partial charge in [0.05, 0.1) is 19.4 Å². The van der Waals surface area contributed by atoms with Gasteiger partial charge in [-0.15, -0.1) is 0 Å². The van der Waals surface area contributed by atoms with Crippen LogP contribution in [0.5, 0.6) is 5.75 Å². The summed E-state index contributed by atoms with van der Waals surface area (Å²) in [6, 6.07) is 7.92.